The summed E-state index contributed by atoms with van der Waals surface area (Å²) in [6, 6.07) is 10.6. The summed E-state index contributed by atoms with van der Waals surface area (Å²) in [6.45, 7) is 5.39. The molecule has 2 aromatic rings. The van der Waals surface area contributed by atoms with E-state index < -0.39 is 17.9 Å². The summed E-state index contributed by atoms with van der Waals surface area (Å²) in [5.74, 6) is -1.37. The molecule has 1 heterocycles. The van der Waals surface area contributed by atoms with Crippen LogP contribution in [0.3, 0.4) is 0 Å². The number of hydrogen-bond donors (Lipinski definition) is 2. The molecular formula is C21H23FN2O4. The summed E-state index contributed by atoms with van der Waals surface area (Å²) >= 11 is 0. The van der Waals surface area contributed by atoms with Crippen molar-refractivity contribution in [1.29, 1.82) is 0 Å². The average molecular weight is 386 g/mol. The van der Waals surface area contributed by atoms with Crippen LogP contribution in [0, 0.1) is 12.7 Å². The van der Waals surface area contributed by atoms with E-state index in [4.69, 9.17) is 9.84 Å². The second-order valence-electron chi connectivity index (χ2n) is 6.98. The van der Waals surface area contributed by atoms with Gasteiger partial charge in [0.2, 0.25) is 6.10 Å². The molecule has 148 valence electrons. The Bertz CT molecular complexity index is 869. The summed E-state index contributed by atoms with van der Waals surface area (Å²) in [5.41, 5.74) is 1.02. The fourth-order valence-electron chi connectivity index (χ4n) is 3.14. The number of nitrogens with one attached hydrogen (secondary N) is 1. The molecule has 7 heteroatoms. The number of ether oxygens (including phenoxy) is 1. The van der Waals surface area contributed by atoms with Crippen molar-refractivity contribution in [2.45, 2.75) is 26.0 Å². The quantitative estimate of drug-likeness (QED) is 0.826. The van der Waals surface area contributed by atoms with Gasteiger partial charge in [-0.25, -0.2) is 9.18 Å². The van der Waals surface area contributed by atoms with Crippen molar-refractivity contribution in [3.63, 3.8) is 0 Å². The number of benzene rings is 2. The Kier molecular flexibility index (Phi) is 5.94. The molecule has 2 atom stereocenters. The minimum absolute atomic E-state index is 0.118. The zero-order chi connectivity index (χ0) is 20.3. The average Bonchev–Trinajstić information content (AvgIpc) is 2.68. The third-order valence-corrected chi connectivity index (χ3v) is 4.76. The summed E-state index contributed by atoms with van der Waals surface area (Å²) in [5, 5.41) is 12.3. The first-order chi connectivity index (χ1) is 13.3. The topological polar surface area (TPSA) is 78.9 Å². The maximum atomic E-state index is 14.1. The van der Waals surface area contributed by atoms with Crippen molar-refractivity contribution in [3.8, 4) is 5.75 Å². The normalized spacial score (nSPS) is 17.8. The van der Waals surface area contributed by atoms with Crippen LogP contribution in [0.25, 0.3) is 0 Å². The van der Waals surface area contributed by atoms with Crippen molar-refractivity contribution < 1.29 is 23.8 Å². The second kappa shape index (κ2) is 8.39. The van der Waals surface area contributed by atoms with Gasteiger partial charge < -0.3 is 20.1 Å². The van der Waals surface area contributed by atoms with Crippen molar-refractivity contribution in [2.24, 2.45) is 0 Å². The fourth-order valence-corrected chi connectivity index (χ4v) is 3.14. The van der Waals surface area contributed by atoms with Gasteiger partial charge in [-0.2, -0.15) is 0 Å². The van der Waals surface area contributed by atoms with E-state index in [2.05, 4.69) is 5.32 Å². The van der Waals surface area contributed by atoms with Gasteiger partial charge in [0.25, 0.3) is 5.91 Å². The van der Waals surface area contributed by atoms with Crippen LogP contribution >= 0.6 is 0 Å². The van der Waals surface area contributed by atoms with Gasteiger partial charge in [-0.05, 0) is 49.7 Å². The SMILES string of the molecule is Cc1ccc(C(Oc2ccc(C(=O)O)cc2)C(=O)N2CCN[C@H](C)C2)cc1F. The highest BCUT2D eigenvalue weighted by Gasteiger charge is 2.31. The first-order valence-corrected chi connectivity index (χ1v) is 9.13. The van der Waals surface area contributed by atoms with E-state index in [1.807, 2.05) is 6.92 Å². The molecule has 0 bridgehead atoms. The molecule has 0 aliphatic carbocycles. The van der Waals surface area contributed by atoms with Crippen molar-refractivity contribution in [3.05, 3.63) is 65.0 Å². The highest BCUT2D eigenvalue weighted by atomic mass is 19.1. The molecule has 1 unspecified atom stereocenters. The van der Waals surface area contributed by atoms with E-state index in [-0.39, 0.29) is 17.5 Å². The minimum atomic E-state index is -1.05. The lowest BCUT2D eigenvalue weighted by atomic mass is 10.0. The number of carboxylic acid groups (broad SMARTS) is 1. The monoisotopic (exact) mass is 386 g/mol. The summed E-state index contributed by atoms with van der Waals surface area (Å²) in [6.07, 6.45) is -1.02. The Morgan fingerprint density at radius 2 is 1.96 bits per heavy atom. The third kappa shape index (κ3) is 4.48. The second-order valence-corrected chi connectivity index (χ2v) is 6.98. The number of amides is 1. The van der Waals surface area contributed by atoms with Gasteiger partial charge in [0.05, 0.1) is 5.56 Å². The van der Waals surface area contributed by atoms with Gasteiger partial charge in [0.1, 0.15) is 11.6 Å². The predicted molar refractivity (Wildman–Crippen MR) is 102 cm³/mol. The lowest BCUT2D eigenvalue weighted by Gasteiger charge is -2.34. The molecule has 2 N–H and O–H groups in total. The van der Waals surface area contributed by atoms with E-state index in [1.165, 1.54) is 30.3 Å². The standard InChI is InChI=1S/C21H23FN2O4/c1-13-3-4-16(11-18(13)22)19(20(25)24-10-9-23-14(2)12-24)28-17-7-5-15(6-8-17)21(26)27/h3-8,11,14,19,23H,9-10,12H2,1-2H3,(H,26,27)/t14-,19?/m1/s1. The Morgan fingerprint density at radius 3 is 2.57 bits per heavy atom. The molecule has 0 spiro atoms. The van der Waals surface area contributed by atoms with Crippen LogP contribution in [0.15, 0.2) is 42.5 Å². The molecule has 1 aliphatic heterocycles. The van der Waals surface area contributed by atoms with Gasteiger partial charge in [-0.15, -0.1) is 0 Å². The Hall–Kier alpha value is -2.93. The number of carbonyl (C=O) groups is 2. The summed E-state index contributed by atoms with van der Waals surface area (Å²) < 4.78 is 20.0. The number of piperazine rings is 1. The first kappa shape index (κ1) is 19.8. The van der Waals surface area contributed by atoms with Crippen molar-refractivity contribution in [1.82, 2.24) is 10.2 Å². The molecule has 3 rings (SSSR count). The zero-order valence-corrected chi connectivity index (χ0v) is 15.8. The zero-order valence-electron chi connectivity index (χ0n) is 15.8. The van der Waals surface area contributed by atoms with E-state index in [0.29, 0.717) is 36.5 Å². The number of nitrogens with zero attached hydrogens (tertiary/aromatic N) is 1. The summed E-state index contributed by atoms with van der Waals surface area (Å²) in [7, 11) is 0. The van der Waals surface area contributed by atoms with Gasteiger partial charge in [0.15, 0.2) is 0 Å². The maximum absolute atomic E-state index is 14.1. The number of aromatic carboxylic acids is 1. The van der Waals surface area contributed by atoms with E-state index in [1.54, 1.807) is 24.0 Å². The fraction of sp³-hybridized carbons (Fsp3) is 0.333. The molecule has 28 heavy (non-hydrogen) atoms. The Labute approximate surface area is 162 Å². The number of carbonyl (C=O) groups excluding carboxylic acids is 1. The van der Waals surface area contributed by atoms with Crippen LogP contribution in [0.5, 0.6) is 5.75 Å². The molecule has 1 amide bonds. The highest BCUT2D eigenvalue weighted by molar-refractivity contribution is 5.87. The lowest BCUT2D eigenvalue weighted by Crippen LogP contribution is -2.53. The molecule has 1 fully saturated rings. The van der Waals surface area contributed by atoms with Crippen LogP contribution in [0.1, 0.15) is 34.5 Å². The molecule has 1 aliphatic rings. The number of halogens is 1. The number of hydrogen-bond acceptors (Lipinski definition) is 4. The van der Waals surface area contributed by atoms with Crippen LogP contribution in [-0.2, 0) is 4.79 Å². The maximum Gasteiger partial charge on any atom is 0.335 e. The van der Waals surface area contributed by atoms with E-state index >= 15 is 0 Å². The molecule has 0 aromatic heterocycles. The Balaban J connectivity index is 1.90. The van der Waals surface area contributed by atoms with Gasteiger partial charge >= 0.3 is 5.97 Å². The van der Waals surface area contributed by atoms with E-state index in [0.717, 1.165) is 0 Å². The molecular weight excluding hydrogens is 363 g/mol. The number of aryl methyl sites for hydroxylation is 1. The molecule has 6 nitrogen and oxygen atoms in total. The van der Waals surface area contributed by atoms with Crippen molar-refractivity contribution >= 4 is 11.9 Å². The van der Waals surface area contributed by atoms with Gasteiger partial charge in [-0.1, -0.05) is 12.1 Å². The van der Waals surface area contributed by atoms with Crippen LogP contribution < -0.4 is 10.1 Å². The summed E-state index contributed by atoms with van der Waals surface area (Å²) in [4.78, 5) is 25.9. The van der Waals surface area contributed by atoms with Crippen LogP contribution in [0.2, 0.25) is 0 Å². The smallest absolute Gasteiger partial charge is 0.335 e. The number of carboxylic acids is 1. The van der Waals surface area contributed by atoms with Crippen molar-refractivity contribution in [2.75, 3.05) is 19.6 Å². The first-order valence-electron chi connectivity index (χ1n) is 9.13. The largest absolute Gasteiger partial charge is 0.478 e. The van der Waals surface area contributed by atoms with Crippen LogP contribution in [0.4, 0.5) is 4.39 Å². The molecule has 0 saturated carbocycles. The predicted octanol–water partition coefficient (Wildman–Crippen LogP) is 2.77. The van der Waals surface area contributed by atoms with Crippen LogP contribution in [-0.4, -0.2) is 47.6 Å². The number of rotatable bonds is 5. The Morgan fingerprint density at radius 1 is 1.25 bits per heavy atom. The van der Waals surface area contributed by atoms with E-state index in [9.17, 15) is 14.0 Å². The third-order valence-electron chi connectivity index (χ3n) is 4.76. The molecule has 0 radical (unpaired) electrons. The molecule has 2 aromatic carbocycles. The minimum Gasteiger partial charge on any atom is -0.478 e. The van der Waals surface area contributed by atoms with Gasteiger partial charge in [0, 0.05) is 31.2 Å². The highest BCUT2D eigenvalue weighted by Crippen LogP contribution is 2.26. The van der Waals surface area contributed by atoms with Gasteiger partial charge in [-0.3, -0.25) is 4.79 Å². The molecule has 1 saturated heterocycles. The lowest BCUT2D eigenvalue weighted by molar-refractivity contribution is -0.140.